The number of carbonyl (C=O) groups excluding carboxylic acids is 1. The minimum Gasteiger partial charge on any atom is -0.489 e. The van der Waals surface area contributed by atoms with E-state index < -0.39 is 0 Å². The Bertz CT molecular complexity index is 661. The average Bonchev–Trinajstić information content (AvgIpc) is 3.00. The molecule has 0 saturated heterocycles. The Labute approximate surface area is 124 Å². The van der Waals surface area contributed by atoms with Gasteiger partial charge in [0.2, 0.25) is 0 Å². The van der Waals surface area contributed by atoms with Gasteiger partial charge in [-0.3, -0.25) is 0 Å². The van der Waals surface area contributed by atoms with Crippen molar-refractivity contribution in [2.45, 2.75) is 25.9 Å². The van der Waals surface area contributed by atoms with Crippen LogP contribution in [0, 0.1) is 0 Å². The van der Waals surface area contributed by atoms with Gasteiger partial charge in [-0.25, -0.2) is 4.79 Å². The summed E-state index contributed by atoms with van der Waals surface area (Å²) in [4.78, 5) is 11.7. The summed E-state index contributed by atoms with van der Waals surface area (Å²) >= 11 is 0. The van der Waals surface area contributed by atoms with Crippen LogP contribution in [0.25, 0.3) is 0 Å². The monoisotopic (exact) mass is 282 g/mol. The molecule has 0 fully saturated rings. The van der Waals surface area contributed by atoms with Gasteiger partial charge >= 0.3 is 5.97 Å². The molecule has 2 aromatic carbocycles. The smallest absolute Gasteiger partial charge is 0.338 e. The van der Waals surface area contributed by atoms with E-state index in [1.807, 2.05) is 24.3 Å². The molecule has 3 heteroatoms. The minimum absolute atomic E-state index is 0.330. The van der Waals surface area contributed by atoms with Gasteiger partial charge in [-0.15, -0.1) is 0 Å². The lowest BCUT2D eigenvalue weighted by atomic mass is 10.1. The third kappa shape index (κ3) is 2.92. The van der Waals surface area contributed by atoms with Crippen LogP contribution in [-0.4, -0.2) is 13.1 Å². The summed E-state index contributed by atoms with van der Waals surface area (Å²) in [5.74, 6) is 0.526. The molecule has 0 atom stereocenters. The Balaban J connectivity index is 1.75. The molecule has 0 aromatic heterocycles. The van der Waals surface area contributed by atoms with Crippen molar-refractivity contribution >= 4 is 5.97 Å². The minimum atomic E-state index is -0.330. The molecule has 1 aliphatic rings. The lowest BCUT2D eigenvalue weighted by molar-refractivity contribution is 0.0597. The highest BCUT2D eigenvalue weighted by Gasteiger charge is 2.13. The van der Waals surface area contributed by atoms with Crippen molar-refractivity contribution in [1.82, 2.24) is 0 Å². The van der Waals surface area contributed by atoms with Crippen LogP contribution in [0.4, 0.5) is 0 Å². The summed E-state index contributed by atoms with van der Waals surface area (Å²) in [7, 11) is 1.39. The van der Waals surface area contributed by atoms with Gasteiger partial charge in [-0.1, -0.05) is 24.3 Å². The molecule has 0 saturated carbocycles. The van der Waals surface area contributed by atoms with Crippen LogP contribution in [0.1, 0.15) is 33.5 Å². The first-order chi connectivity index (χ1) is 10.3. The molecular weight excluding hydrogens is 264 g/mol. The number of fused-ring (bicyclic) bond motifs is 1. The predicted octanol–water partition coefficient (Wildman–Crippen LogP) is 3.54. The molecule has 1 aliphatic carbocycles. The van der Waals surface area contributed by atoms with Crippen molar-refractivity contribution in [3.63, 3.8) is 0 Å². The zero-order chi connectivity index (χ0) is 14.7. The normalized spacial score (nSPS) is 12.8. The van der Waals surface area contributed by atoms with E-state index >= 15 is 0 Å². The van der Waals surface area contributed by atoms with Crippen LogP contribution >= 0.6 is 0 Å². The maximum atomic E-state index is 11.7. The molecule has 0 spiro atoms. The van der Waals surface area contributed by atoms with Crippen LogP contribution < -0.4 is 4.74 Å². The maximum absolute atomic E-state index is 11.7. The zero-order valence-electron chi connectivity index (χ0n) is 12.1. The second-order valence-electron chi connectivity index (χ2n) is 5.22. The quantitative estimate of drug-likeness (QED) is 0.805. The fourth-order valence-corrected chi connectivity index (χ4v) is 2.75. The van der Waals surface area contributed by atoms with E-state index in [0.29, 0.717) is 12.2 Å². The maximum Gasteiger partial charge on any atom is 0.338 e. The van der Waals surface area contributed by atoms with Crippen LogP contribution in [-0.2, 0) is 24.2 Å². The largest absolute Gasteiger partial charge is 0.489 e. The predicted molar refractivity (Wildman–Crippen MR) is 80.6 cm³/mol. The number of methoxy groups -OCH3 is 1. The van der Waals surface area contributed by atoms with Gasteiger partial charge in [0, 0.05) is 5.56 Å². The third-order valence-electron chi connectivity index (χ3n) is 3.89. The van der Waals surface area contributed by atoms with E-state index in [1.165, 1.54) is 31.1 Å². The highest BCUT2D eigenvalue weighted by Crippen LogP contribution is 2.26. The van der Waals surface area contributed by atoms with Crippen molar-refractivity contribution in [3.05, 3.63) is 64.7 Å². The van der Waals surface area contributed by atoms with Gasteiger partial charge in [-0.05, 0) is 48.6 Å². The molecule has 0 N–H and O–H groups in total. The summed E-state index contributed by atoms with van der Waals surface area (Å²) in [6.45, 7) is 0.365. The van der Waals surface area contributed by atoms with E-state index in [2.05, 4.69) is 12.1 Å². The van der Waals surface area contributed by atoms with E-state index in [9.17, 15) is 4.79 Å². The molecule has 0 bridgehead atoms. The first kappa shape index (κ1) is 13.7. The van der Waals surface area contributed by atoms with Crippen molar-refractivity contribution < 1.29 is 14.3 Å². The molecule has 0 amide bonds. The lowest BCUT2D eigenvalue weighted by Gasteiger charge is -2.11. The standard InChI is InChI=1S/C18H18O3/c1-20-18(19)17-8-3-2-5-15(17)12-21-16-10-9-13-6-4-7-14(13)11-16/h2-3,5,8-11H,4,6-7,12H2,1H3. The summed E-state index contributed by atoms with van der Waals surface area (Å²) < 4.78 is 10.6. The molecule has 3 rings (SSSR count). The Kier molecular flexibility index (Phi) is 3.91. The Morgan fingerprint density at radius 2 is 1.90 bits per heavy atom. The SMILES string of the molecule is COC(=O)c1ccccc1COc1ccc2c(c1)CCC2. The Morgan fingerprint density at radius 1 is 1.10 bits per heavy atom. The molecule has 108 valence electrons. The molecule has 0 unspecified atom stereocenters. The number of ether oxygens (including phenoxy) is 2. The van der Waals surface area contributed by atoms with Gasteiger partial charge in [0.05, 0.1) is 12.7 Å². The van der Waals surface area contributed by atoms with Crippen LogP contribution in [0.15, 0.2) is 42.5 Å². The number of aryl methyl sites for hydroxylation is 2. The topological polar surface area (TPSA) is 35.5 Å². The molecular formula is C18H18O3. The molecule has 3 nitrogen and oxygen atoms in total. The summed E-state index contributed by atoms with van der Waals surface area (Å²) in [6.07, 6.45) is 3.52. The number of hydrogen-bond donors (Lipinski definition) is 0. The fourth-order valence-electron chi connectivity index (χ4n) is 2.75. The zero-order valence-corrected chi connectivity index (χ0v) is 12.1. The Morgan fingerprint density at radius 3 is 2.76 bits per heavy atom. The number of esters is 1. The van der Waals surface area contributed by atoms with E-state index in [1.54, 1.807) is 6.07 Å². The van der Waals surface area contributed by atoms with Gasteiger partial charge in [0.25, 0.3) is 0 Å². The molecule has 21 heavy (non-hydrogen) atoms. The second-order valence-corrected chi connectivity index (χ2v) is 5.22. The van der Waals surface area contributed by atoms with Crippen LogP contribution in [0.3, 0.4) is 0 Å². The number of hydrogen-bond acceptors (Lipinski definition) is 3. The van der Waals surface area contributed by atoms with Crippen molar-refractivity contribution in [1.29, 1.82) is 0 Å². The fraction of sp³-hybridized carbons (Fsp3) is 0.278. The summed E-state index contributed by atoms with van der Waals surface area (Å²) in [5, 5.41) is 0. The summed E-state index contributed by atoms with van der Waals surface area (Å²) in [5.41, 5.74) is 4.21. The number of rotatable bonds is 4. The van der Waals surface area contributed by atoms with Crippen LogP contribution in [0.2, 0.25) is 0 Å². The van der Waals surface area contributed by atoms with Crippen molar-refractivity contribution in [2.24, 2.45) is 0 Å². The van der Waals surface area contributed by atoms with Gasteiger partial charge in [-0.2, -0.15) is 0 Å². The lowest BCUT2D eigenvalue weighted by Crippen LogP contribution is -2.07. The third-order valence-corrected chi connectivity index (χ3v) is 3.89. The molecule has 0 radical (unpaired) electrons. The molecule has 2 aromatic rings. The number of benzene rings is 2. The second kappa shape index (κ2) is 6.00. The van der Waals surface area contributed by atoms with Gasteiger partial charge in [0.15, 0.2) is 0 Å². The van der Waals surface area contributed by atoms with Gasteiger partial charge < -0.3 is 9.47 Å². The molecule has 0 heterocycles. The Hall–Kier alpha value is -2.29. The number of carbonyl (C=O) groups is 1. The molecule has 0 aliphatic heterocycles. The van der Waals surface area contributed by atoms with E-state index in [-0.39, 0.29) is 5.97 Å². The highest BCUT2D eigenvalue weighted by atomic mass is 16.5. The highest BCUT2D eigenvalue weighted by molar-refractivity contribution is 5.90. The van der Waals surface area contributed by atoms with Crippen molar-refractivity contribution in [3.8, 4) is 5.75 Å². The average molecular weight is 282 g/mol. The first-order valence-electron chi connectivity index (χ1n) is 7.19. The van der Waals surface area contributed by atoms with Crippen molar-refractivity contribution in [2.75, 3.05) is 7.11 Å². The van der Waals surface area contributed by atoms with E-state index in [0.717, 1.165) is 17.7 Å². The summed E-state index contributed by atoms with van der Waals surface area (Å²) in [6, 6.07) is 13.6. The van der Waals surface area contributed by atoms with Crippen LogP contribution in [0.5, 0.6) is 5.75 Å². The first-order valence-corrected chi connectivity index (χ1v) is 7.19. The van der Waals surface area contributed by atoms with Gasteiger partial charge in [0.1, 0.15) is 12.4 Å². The van der Waals surface area contributed by atoms with E-state index in [4.69, 9.17) is 9.47 Å².